The van der Waals surface area contributed by atoms with Crippen molar-refractivity contribution in [2.24, 2.45) is 0 Å². The molecule has 0 unspecified atom stereocenters. The molecule has 1 fully saturated rings. The summed E-state index contributed by atoms with van der Waals surface area (Å²) >= 11 is 0. The highest BCUT2D eigenvalue weighted by atomic mass is 32.2. The van der Waals surface area contributed by atoms with Crippen LogP contribution in [0.3, 0.4) is 0 Å². The maximum atomic E-state index is 12.8. The fourth-order valence-corrected chi connectivity index (χ4v) is 3.65. The second-order valence-electron chi connectivity index (χ2n) is 4.66. The highest BCUT2D eigenvalue weighted by Gasteiger charge is 2.40. The number of amides is 1. The van der Waals surface area contributed by atoms with E-state index in [4.69, 9.17) is 4.74 Å². The molecule has 1 heterocycles. The molecule has 0 bridgehead atoms. The van der Waals surface area contributed by atoms with E-state index in [-0.39, 0.29) is 30.3 Å². The van der Waals surface area contributed by atoms with Crippen molar-refractivity contribution in [3.05, 3.63) is 30.1 Å². The molecular weight excluding hydrogens is 285 g/mol. The average molecular weight is 301 g/mol. The van der Waals surface area contributed by atoms with Gasteiger partial charge in [-0.3, -0.25) is 4.79 Å². The summed E-state index contributed by atoms with van der Waals surface area (Å²) in [5, 5.41) is -0.612. The van der Waals surface area contributed by atoms with E-state index in [1.54, 1.807) is 0 Å². The number of hydrogen-bond donors (Lipinski definition) is 0. The Balaban J connectivity index is 1.97. The molecule has 1 amide bonds. The molecule has 1 saturated heterocycles. The lowest BCUT2D eigenvalue weighted by Crippen LogP contribution is -2.56. The fourth-order valence-electron chi connectivity index (χ4n) is 2.00. The molecule has 0 saturated carbocycles. The molecule has 1 aliphatic rings. The van der Waals surface area contributed by atoms with Crippen LogP contribution in [-0.4, -0.2) is 51.3 Å². The van der Waals surface area contributed by atoms with Gasteiger partial charge in [0.15, 0.2) is 9.84 Å². The molecule has 5 nitrogen and oxygen atoms in total. The van der Waals surface area contributed by atoms with E-state index in [2.05, 4.69) is 0 Å². The number of hydrogen-bond acceptors (Lipinski definition) is 4. The van der Waals surface area contributed by atoms with Crippen LogP contribution in [0, 0.1) is 5.82 Å². The van der Waals surface area contributed by atoms with Crippen LogP contribution in [0.2, 0.25) is 0 Å². The monoisotopic (exact) mass is 301 g/mol. The van der Waals surface area contributed by atoms with Gasteiger partial charge in [0.2, 0.25) is 5.91 Å². The van der Waals surface area contributed by atoms with Crippen LogP contribution < -0.4 is 0 Å². The van der Waals surface area contributed by atoms with Crippen LogP contribution in [0.4, 0.5) is 4.39 Å². The predicted octanol–water partition coefficient (Wildman–Crippen LogP) is 0.847. The average Bonchev–Trinajstić information content (AvgIpc) is 2.34. The van der Waals surface area contributed by atoms with Gasteiger partial charge in [-0.1, -0.05) is 0 Å². The van der Waals surface area contributed by atoms with E-state index >= 15 is 0 Å². The van der Waals surface area contributed by atoms with Gasteiger partial charge < -0.3 is 9.64 Å². The molecule has 0 radical (unpaired) electrons. The molecule has 20 heavy (non-hydrogen) atoms. The Hall–Kier alpha value is -1.47. The van der Waals surface area contributed by atoms with Crippen molar-refractivity contribution >= 4 is 15.7 Å². The lowest BCUT2D eigenvalue weighted by atomic mass is 10.2. The van der Waals surface area contributed by atoms with Gasteiger partial charge in [-0.25, -0.2) is 12.8 Å². The first-order valence-electron chi connectivity index (χ1n) is 6.21. The molecule has 2 rings (SSSR count). The normalized spacial score (nSPS) is 16.0. The Morgan fingerprint density at radius 1 is 1.35 bits per heavy atom. The second kappa shape index (κ2) is 5.88. The largest absolute Gasteiger partial charge is 0.384 e. The van der Waals surface area contributed by atoms with Crippen LogP contribution in [0.5, 0.6) is 0 Å². The summed E-state index contributed by atoms with van der Waals surface area (Å²) in [6, 6.07) is 4.74. The first-order chi connectivity index (χ1) is 9.45. The first-order valence-corrected chi connectivity index (χ1v) is 7.76. The molecule has 0 N–H and O–H groups in total. The zero-order valence-corrected chi connectivity index (χ0v) is 11.9. The molecular formula is C13H16FNO4S. The Morgan fingerprint density at radius 3 is 2.50 bits per heavy atom. The van der Waals surface area contributed by atoms with E-state index in [0.717, 1.165) is 12.1 Å². The summed E-state index contributed by atoms with van der Waals surface area (Å²) < 4.78 is 42.0. The number of methoxy groups -OCH3 is 1. The Bertz CT molecular complexity index is 579. The van der Waals surface area contributed by atoms with E-state index < -0.39 is 20.9 Å². The third-order valence-electron chi connectivity index (χ3n) is 3.30. The molecule has 0 aliphatic carbocycles. The van der Waals surface area contributed by atoms with Crippen molar-refractivity contribution in [2.45, 2.75) is 16.6 Å². The van der Waals surface area contributed by atoms with Gasteiger partial charge >= 0.3 is 0 Å². The quantitative estimate of drug-likeness (QED) is 0.756. The summed E-state index contributed by atoms with van der Waals surface area (Å²) in [5.41, 5.74) is 0. The summed E-state index contributed by atoms with van der Waals surface area (Å²) in [7, 11) is -1.99. The number of carbonyl (C=O) groups is 1. The van der Waals surface area contributed by atoms with Crippen LogP contribution >= 0.6 is 0 Å². The third-order valence-corrected chi connectivity index (χ3v) is 5.41. The lowest BCUT2D eigenvalue weighted by Gasteiger charge is -2.38. The minimum absolute atomic E-state index is 0.0906. The fraction of sp³-hybridized carbons (Fsp3) is 0.462. The summed E-state index contributed by atoms with van der Waals surface area (Å²) in [6.45, 7) is 0.690. The highest BCUT2D eigenvalue weighted by molar-refractivity contribution is 7.92. The van der Waals surface area contributed by atoms with Gasteiger partial charge in [-0.05, 0) is 24.3 Å². The van der Waals surface area contributed by atoms with Gasteiger partial charge in [0, 0.05) is 20.2 Å². The minimum Gasteiger partial charge on any atom is -0.384 e. The maximum absolute atomic E-state index is 12.8. The van der Waals surface area contributed by atoms with Gasteiger partial charge in [-0.15, -0.1) is 0 Å². The summed E-state index contributed by atoms with van der Waals surface area (Å²) in [5.74, 6) is -0.591. The zero-order valence-electron chi connectivity index (χ0n) is 11.1. The Morgan fingerprint density at radius 2 is 1.95 bits per heavy atom. The molecule has 110 valence electrons. The number of nitrogens with zero attached hydrogens (tertiary/aromatic N) is 1. The van der Waals surface area contributed by atoms with Crippen molar-refractivity contribution in [3.63, 3.8) is 0 Å². The highest BCUT2D eigenvalue weighted by Crippen LogP contribution is 2.24. The predicted molar refractivity (Wildman–Crippen MR) is 70.4 cm³/mol. The number of sulfone groups is 1. The number of ether oxygens (including phenoxy) is 1. The third kappa shape index (κ3) is 2.99. The molecule has 1 aromatic rings. The lowest BCUT2D eigenvalue weighted by molar-refractivity contribution is -0.135. The van der Waals surface area contributed by atoms with Crippen molar-refractivity contribution < 1.29 is 22.3 Å². The van der Waals surface area contributed by atoms with Crippen molar-refractivity contribution in [1.82, 2.24) is 4.90 Å². The SMILES string of the molecule is COCCC(=O)N1CC(S(=O)(=O)c2ccc(F)cc2)C1. The van der Waals surface area contributed by atoms with Crippen molar-refractivity contribution in [2.75, 3.05) is 26.8 Å². The van der Waals surface area contributed by atoms with Gasteiger partial charge in [0.05, 0.1) is 17.9 Å². The minimum atomic E-state index is -3.50. The zero-order chi connectivity index (χ0) is 14.8. The Kier molecular flexibility index (Phi) is 4.39. The molecule has 1 aromatic carbocycles. The number of carbonyl (C=O) groups excluding carboxylic acids is 1. The number of halogens is 1. The molecule has 0 spiro atoms. The molecule has 7 heteroatoms. The first kappa shape index (κ1) is 14.9. The maximum Gasteiger partial charge on any atom is 0.224 e. The number of benzene rings is 1. The van der Waals surface area contributed by atoms with E-state index in [9.17, 15) is 17.6 Å². The molecule has 0 aromatic heterocycles. The van der Waals surface area contributed by atoms with Gasteiger partial charge in [0.1, 0.15) is 11.1 Å². The van der Waals surface area contributed by atoms with Gasteiger partial charge in [-0.2, -0.15) is 0 Å². The summed E-state index contributed by atoms with van der Waals surface area (Å²) in [4.78, 5) is 13.2. The van der Waals surface area contributed by atoms with Crippen LogP contribution in [0.25, 0.3) is 0 Å². The topological polar surface area (TPSA) is 63.7 Å². The molecule has 0 atom stereocenters. The Labute approximate surface area is 117 Å². The van der Waals surface area contributed by atoms with E-state index in [1.807, 2.05) is 0 Å². The van der Waals surface area contributed by atoms with E-state index in [0.29, 0.717) is 6.61 Å². The molecule has 1 aliphatic heterocycles. The van der Waals surface area contributed by atoms with Crippen molar-refractivity contribution in [3.8, 4) is 0 Å². The second-order valence-corrected chi connectivity index (χ2v) is 6.89. The smallest absolute Gasteiger partial charge is 0.224 e. The van der Waals surface area contributed by atoms with Crippen LogP contribution in [0.15, 0.2) is 29.2 Å². The van der Waals surface area contributed by atoms with Crippen molar-refractivity contribution in [1.29, 1.82) is 0 Å². The van der Waals surface area contributed by atoms with Crippen LogP contribution in [-0.2, 0) is 19.4 Å². The summed E-state index contributed by atoms with van der Waals surface area (Å²) in [6.07, 6.45) is 0.250. The standard InChI is InChI=1S/C13H16FNO4S/c1-19-7-6-13(16)15-8-12(9-15)20(17,18)11-4-2-10(14)3-5-11/h2-5,12H,6-9H2,1H3. The number of likely N-dealkylation sites (tertiary alicyclic amines) is 1. The van der Waals surface area contributed by atoms with Gasteiger partial charge in [0.25, 0.3) is 0 Å². The number of rotatable bonds is 5. The van der Waals surface area contributed by atoms with Crippen LogP contribution in [0.1, 0.15) is 6.42 Å². The van der Waals surface area contributed by atoms with E-state index in [1.165, 1.54) is 24.1 Å².